The Kier molecular flexibility index (Phi) is 3.35. The summed E-state index contributed by atoms with van der Waals surface area (Å²) >= 11 is 0. The lowest BCUT2D eigenvalue weighted by Crippen LogP contribution is -2.17. The lowest BCUT2D eigenvalue weighted by molar-refractivity contribution is 0.102. The SMILES string of the molecule is CC[C@H](C)n1nccc1NC(=O)c1ccc2nnnn2c1. The number of hydrogen-bond acceptors (Lipinski definition) is 5. The molecule has 108 valence electrons. The highest BCUT2D eigenvalue weighted by molar-refractivity contribution is 6.03. The van der Waals surface area contributed by atoms with Crippen LogP contribution >= 0.6 is 0 Å². The van der Waals surface area contributed by atoms with Crippen molar-refractivity contribution in [2.45, 2.75) is 26.3 Å². The molecule has 0 aromatic carbocycles. The third kappa shape index (κ3) is 2.47. The number of carbonyl (C=O) groups excluding carboxylic acids is 1. The highest BCUT2D eigenvalue weighted by Crippen LogP contribution is 2.17. The topological polar surface area (TPSA) is 90.0 Å². The molecule has 0 unspecified atom stereocenters. The molecular weight excluding hydrogens is 270 g/mol. The average molecular weight is 285 g/mol. The van der Waals surface area contributed by atoms with Crippen molar-refractivity contribution in [2.75, 3.05) is 5.32 Å². The van der Waals surface area contributed by atoms with E-state index >= 15 is 0 Å². The van der Waals surface area contributed by atoms with Crippen LogP contribution in [0.2, 0.25) is 0 Å². The molecule has 0 fully saturated rings. The number of anilines is 1. The molecule has 3 rings (SSSR count). The van der Waals surface area contributed by atoms with Gasteiger partial charge in [-0.2, -0.15) is 9.61 Å². The van der Waals surface area contributed by atoms with E-state index < -0.39 is 0 Å². The maximum absolute atomic E-state index is 12.3. The summed E-state index contributed by atoms with van der Waals surface area (Å²) in [5.41, 5.74) is 1.07. The first-order valence-electron chi connectivity index (χ1n) is 6.71. The Hall–Kier alpha value is -2.77. The van der Waals surface area contributed by atoms with Crippen LogP contribution in [-0.2, 0) is 0 Å². The van der Waals surface area contributed by atoms with Gasteiger partial charge in [-0.1, -0.05) is 6.92 Å². The number of fused-ring (bicyclic) bond motifs is 1. The van der Waals surface area contributed by atoms with Crippen LogP contribution in [0.4, 0.5) is 5.82 Å². The number of pyridine rings is 1. The minimum Gasteiger partial charge on any atom is -0.307 e. The minimum atomic E-state index is -0.225. The lowest BCUT2D eigenvalue weighted by atomic mass is 10.2. The third-order valence-corrected chi connectivity index (χ3v) is 3.37. The van der Waals surface area contributed by atoms with Gasteiger partial charge in [-0.25, -0.2) is 4.68 Å². The number of tetrazole rings is 1. The highest BCUT2D eigenvalue weighted by Gasteiger charge is 2.13. The molecule has 3 aromatic heterocycles. The Balaban J connectivity index is 1.84. The molecule has 0 radical (unpaired) electrons. The summed E-state index contributed by atoms with van der Waals surface area (Å²) in [6, 6.07) is 5.38. The molecule has 1 atom stereocenters. The predicted molar refractivity (Wildman–Crippen MR) is 76.0 cm³/mol. The summed E-state index contributed by atoms with van der Waals surface area (Å²) < 4.78 is 3.26. The van der Waals surface area contributed by atoms with E-state index in [0.29, 0.717) is 17.0 Å². The zero-order chi connectivity index (χ0) is 14.8. The van der Waals surface area contributed by atoms with E-state index in [1.165, 1.54) is 4.52 Å². The summed E-state index contributed by atoms with van der Waals surface area (Å²) in [6.45, 7) is 4.12. The smallest absolute Gasteiger partial charge is 0.258 e. The summed E-state index contributed by atoms with van der Waals surface area (Å²) in [7, 11) is 0. The fourth-order valence-electron chi connectivity index (χ4n) is 2.00. The zero-order valence-electron chi connectivity index (χ0n) is 11.8. The van der Waals surface area contributed by atoms with Gasteiger partial charge in [-0.15, -0.1) is 5.10 Å². The van der Waals surface area contributed by atoms with E-state index in [4.69, 9.17) is 0 Å². The van der Waals surface area contributed by atoms with E-state index in [1.807, 2.05) is 0 Å². The van der Waals surface area contributed by atoms with Crippen LogP contribution in [0.15, 0.2) is 30.6 Å². The molecule has 8 heteroatoms. The summed E-state index contributed by atoms with van der Waals surface area (Å²) in [6.07, 6.45) is 4.20. The minimum absolute atomic E-state index is 0.220. The zero-order valence-corrected chi connectivity index (χ0v) is 11.8. The molecule has 3 heterocycles. The second-order valence-corrected chi connectivity index (χ2v) is 4.77. The fourth-order valence-corrected chi connectivity index (χ4v) is 2.00. The van der Waals surface area contributed by atoms with Gasteiger partial charge in [0.1, 0.15) is 5.82 Å². The Morgan fingerprint density at radius 3 is 3.05 bits per heavy atom. The number of aromatic nitrogens is 6. The van der Waals surface area contributed by atoms with Crippen molar-refractivity contribution in [1.82, 2.24) is 29.8 Å². The van der Waals surface area contributed by atoms with Crippen molar-refractivity contribution < 1.29 is 4.79 Å². The van der Waals surface area contributed by atoms with Gasteiger partial charge in [0, 0.05) is 12.3 Å². The maximum Gasteiger partial charge on any atom is 0.258 e. The molecule has 0 aliphatic carbocycles. The largest absolute Gasteiger partial charge is 0.307 e. The quantitative estimate of drug-likeness (QED) is 0.785. The van der Waals surface area contributed by atoms with E-state index in [9.17, 15) is 4.79 Å². The lowest BCUT2D eigenvalue weighted by Gasteiger charge is -2.14. The highest BCUT2D eigenvalue weighted by atomic mass is 16.1. The Morgan fingerprint density at radius 1 is 1.38 bits per heavy atom. The van der Waals surface area contributed by atoms with Crippen LogP contribution in [0, 0.1) is 0 Å². The van der Waals surface area contributed by atoms with E-state index in [2.05, 4.69) is 39.8 Å². The van der Waals surface area contributed by atoms with Crippen molar-refractivity contribution in [3.63, 3.8) is 0 Å². The van der Waals surface area contributed by atoms with Crippen LogP contribution in [0.3, 0.4) is 0 Å². The first-order valence-corrected chi connectivity index (χ1v) is 6.71. The van der Waals surface area contributed by atoms with Gasteiger partial charge in [0.25, 0.3) is 5.91 Å². The van der Waals surface area contributed by atoms with Crippen LogP contribution in [-0.4, -0.2) is 35.7 Å². The molecule has 0 saturated carbocycles. The standard InChI is InChI=1S/C13H15N7O/c1-3-9(2)20-11(6-7-14-20)15-13(21)10-4-5-12-16-17-18-19(12)8-10/h4-9H,3H2,1-2H3,(H,15,21)/t9-/m0/s1. The molecule has 21 heavy (non-hydrogen) atoms. The molecule has 0 aliphatic rings. The van der Waals surface area contributed by atoms with Crippen LogP contribution in [0.25, 0.3) is 5.65 Å². The number of rotatable bonds is 4. The summed E-state index contributed by atoms with van der Waals surface area (Å²) in [4.78, 5) is 12.3. The van der Waals surface area contributed by atoms with Gasteiger partial charge in [-0.3, -0.25) is 4.79 Å². The van der Waals surface area contributed by atoms with Gasteiger partial charge in [0.2, 0.25) is 0 Å². The van der Waals surface area contributed by atoms with Gasteiger partial charge in [0.05, 0.1) is 17.8 Å². The van der Waals surface area contributed by atoms with E-state index in [0.717, 1.165) is 6.42 Å². The van der Waals surface area contributed by atoms with Crippen LogP contribution < -0.4 is 5.32 Å². The third-order valence-electron chi connectivity index (χ3n) is 3.37. The van der Waals surface area contributed by atoms with Crippen molar-refractivity contribution >= 4 is 17.4 Å². The Labute approximate surface area is 120 Å². The van der Waals surface area contributed by atoms with Gasteiger partial charge in [-0.05, 0) is 35.9 Å². The Bertz CT molecular complexity index is 776. The monoisotopic (exact) mass is 285 g/mol. The molecule has 0 aliphatic heterocycles. The molecule has 0 spiro atoms. The van der Waals surface area contributed by atoms with Crippen LogP contribution in [0.1, 0.15) is 36.7 Å². The van der Waals surface area contributed by atoms with Gasteiger partial charge >= 0.3 is 0 Å². The van der Waals surface area contributed by atoms with Crippen LogP contribution in [0.5, 0.6) is 0 Å². The van der Waals surface area contributed by atoms with Crippen molar-refractivity contribution in [1.29, 1.82) is 0 Å². The summed E-state index contributed by atoms with van der Waals surface area (Å²) in [5.74, 6) is 0.448. The number of carbonyl (C=O) groups is 1. The molecule has 0 bridgehead atoms. The first kappa shape index (κ1) is 13.2. The van der Waals surface area contributed by atoms with E-state index in [-0.39, 0.29) is 11.9 Å². The number of nitrogens with one attached hydrogen (secondary N) is 1. The molecule has 8 nitrogen and oxygen atoms in total. The van der Waals surface area contributed by atoms with E-state index in [1.54, 1.807) is 35.3 Å². The predicted octanol–water partition coefficient (Wildman–Crippen LogP) is 1.54. The number of nitrogens with zero attached hydrogens (tertiary/aromatic N) is 6. The van der Waals surface area contributed by atoms with Crippen molar-refractivity contribution in [3.05, 3.63) is 36.2 Å². The molecule has 1 amide bonds. The average Bonchev–Trinajstić information content (AvgIpc) is 3.14. The normalized spacial score (nSPS) is 12.5. The Morgan fingerprint density at radius 2 is 2.24 bits per heavy atom. The van der Waals surface area contributed by atoms with Crippen molar-refractivity contribution in [2.24, 2.45) is 0 Å². The van der Waals surface area contributed by atoms with Gasteiger partial charge < -0.3 is 5.32 Å². The molecule has 0 saturated heterocycles. The molecular formula is C13H15N7O. The first-order chi connectivity index (χ1) is 10.2. The molecule has 3 aromatic rings. The van der Waals surface area contributed by atoms with Gasteiger partial charge in [0.15, 0.2) is 5.65 Å². The number of hydrogen-bond donors (Lipinski definition) is 1. The summed E-state index contributed by atoms with van der Waals surface area (Å²) in [5, 5.41) is 18.2. The fraction of sp³-hybridized carbons (Fsp3) is 0.308. The second kappa shape index (κ2) is 5.31. The number of amides is 1. The molecule has 1 N–H and O–H groups in total. The second-order valence-electron chi connectivity index (χ2n) is 4.77. The van der Waals surface area contributed by atoms with Crippen molar-refractivity contribution in [3.8, 4) is 0 Å². The maximum atomic E-state index is 12.3.